The Labute approximate surface area is 292 Å². The summed E-state index contributed by atoms with van der Waals surface area (Å²) in [4.78, 5) is 10.5. The number of para-hydroxylation sites is 5. The second-order valence-corrected chi connectivity index (χ2v) is 13.0. The van der Waals surface area contributed by atoms with E-state index in [1.165, 1.54) is 32.6 Å². The van der Waals surface area contributed by atoms with E-state index in [4.69, 9.17) is 14.4 Å². The number of benzene rings is 7. The molecule has 0 spiro atoms. The van der Waals surface area contributed by atoms with E-state index >= 15 is 0 Å². The Bertz CT molecular complexity index is 3130. The molecule has 4 heterocycles. The Morgan fingerprint density at radius 1 is 0.431 bits per heavy atom. The summed E-state index contributed by atoms with van der Waals surface area (Å²) in [5.41, 5.74) is 10.9. The molecule has 0 saturated carbocycles. The van der Waals surface area contributed by atoms with Crippen molar-refractivity contribution in [2.75, 3.05) is 0 Å². The van der Waals surface area contributed by atoms with Crippen molar-refractivity contribution >= 4 is 65.7 Å². The maximum Gasteiger partial charge on any atom is 0.231 e. The van der Waals surface area contributed by atoms with Crippen LogP contribution >= 0.6 is 0 Å². The monoisotopic (exact) mass is 652 g/mol. The Morgan fingerprint density at radius 2 is 1.00 bits per heavy atom. The maximum absolute atomic E-state index is 6.42. The van der Waals surface area contributed by atoms with E-state index in [0.29, 0.717) is 11.5 Å². The number of furan rings is 1. The van der Waals surface area contributed by atoms with Crippen molar-refractivity contribution in [2.45, 2.75) is 0 Å². The Hall–Kier alpha value is -6.98. The molecule has 0 atom stereocenters. The molecule has 11 aromatic rings. The number of rotatable bonds is 4. The Morgan fingerprint density at radius 3 is 1.75 bits per heavy atom. The molecule has 4 aromatic heterocycles. The standard InChI is InChI=1S/C46H28N4O/c1-3-15-29(16-4-1)44-43-34-22-10-14-26-42(34)51-46(43)48-45(47-44)33-21-9-13-25-39(33)50-38-24-12-8-20-32(38)36-27-40-35(28-41(36)50)31-19-7-11-23-37(31)49(40)30-17-5-2-6-18-30/h1-28H. The third-order valence-electron chi connectivity index (χ3n) is 10.2. The zero-order chi connectivity index (χ0) is 33.5. The summed E-state index contributed by atoms with van der Waals surface area (Å²) < 4.78 is 11.2. The van der Waals surface area contributed by atoms with Crippen molar-refractivity contribution in [1.29, 1.82) is 0 Å². The van der Waals surface area contributed by atoms with Crippen LogP contribution in [0.4, 0.5) is 0 Å². The molecule has 238 valence electrons. The number of nitrogens with zero attached hydrogens (tertiary/aromatic N) is 4. The van der Waals surface area contributed by atoms with E-state index in [0.717, 1.165) is 55.6 Å². The molecule has 5 nitrogen and oxygen atoms in total. The van der Waals surface area contributed by atoms with Gasteiger partial charge in [0.05, 0.1) is 38.8 Å². The van der Waals surface area contributed by atoms with Crippen molar-refractivity contribution in [3.63, 3.8) is 0 Å². The Balaban J connectivity index is 1.23. The van der Waals surface area contributed by atoms with Gasteiger partial charge in [0.15, 0.2) is 5.82 Å². The van der Waals surface area contributed by atoms with Gasteiger partial charge in [0.1, 0.15) is 5.58 Å². The zero-order valence-corrected chi connectivity index (χ0v) is 27.4. The highest BCUT2D eigenvalue weighted by molar-refractivity contribution is 6.19. The quantitative estimate of drug-likeness (QED) is 0.190. The van der Waals surface area contributed by atoms with Crippen LogP contribution in [0.15, 0.2) is 174 Å². The van der Waals surface area contributed by atoms with E-state index in [9.17, 15) is 0 Å². The largest absolute Gasteiger partial charge is 0.438 e. The van der Waals surface area contributed by atoms with Crippen molar-refractivity contribution in [3.05, 3.63) is 170 Å². The van der Waals surface area contributed by atoms with Crippen molar-refractivity contribution in [3.8, 4) is 34.0 Å². The molecule has 0 amide bonds. The van der Waals surface area contributed by atoms with Gasteiger partial charge in [-0.3, -0.25) is 0 Å². The molecule has 0 bridgehead atoms. The van der Waals surface area contributed by atoms with Crippen LogP contribution in [0.3, 0.4) is 0 Å². The van der Waals surface area contributed by atoms with Crippen LogP contribution in [-0.2, 0) is 0 Å². The number of hydrogen-bond donors (Lipinski definition) is 0. The molecule has 5 heteroatoms. The van der Waals surface area contributed by atoms with E-state index in [-0.39, 0.29) is 0 Å². The number of hydrogen-bond acceptors (Lipinski definition) is 3. The molecule has 11 rings (SSSR count). The molecular weight excluding hydrogens is 625 g/mol. The third-order valence-corrected chi connectivity index (χ3v) is 10.2. The van der Waals surface area contributed by atoms with E-state index in [2.05, 4.69) is 143 Å². The second-order valence-electron chi connectivity index (χ2n) is 13.0. The fourth-order valence-electron chi connectivity index (χ4n) is 7.95. The van der Waals surface area contributed by atoms with E-state index in [1.54, 1.807) is 0 Å². The van der Waals surface area contributed by atoms with Crippen LogP contribution in [0.2, 0.25) is 0 Å². The predicted octanol–water partition coefficient (Wildman–Crippen LogP) is 11.9. The first-order valence-electron chi connectivity index (χ1n) is 17.2. The van der Waals surface area contributed by atoms with Gasteiger partial charge in [-0.15, -0.1) is 0 Å². The summed E-state index contributed by atoms with van der Waals surface area (Å²) in [6.45, 7) is 0. The lowest BCUT2D eigenvalue weighted by Gasteiger charge is -2.14. The van der Waals surface area contributed by atoms with Crippen LogP contribution < -0.4 is 0 Å². The minimum Gasteiger partial charge on any atom is -0.438 e. The number of fused-ring (bicyclic) bond motifs is 9. The molecule has 7 aromatic carbocycles. The average molecular weight is 653 g/mol. The molecule has 0 fully saturated rings. The molecule has 51 heavy (non-hydrogen) atoms. The van der Waals surface area contributed by atoms with Gasteiger partial charge in [-0.25, -0.2) is 4.98 Å². The summed E-state index contributed by atoms with van der Waals surface area (Å²) in [6, 6.07) is 59.6. The van der Waals surface area contributed by atoms with Crippen LogP contribution in [0.25, 0.3) is 99.7 Å². The van der Waals surface area contributed by atoms with Gasteiger partial charge < -0.3 is 13.6 Å². The SMILES string of the molecule is c1ccc(-c2nc(-c3ccccc3-n3c4ccccc4c4cc5c(cc43)c3ccccc3n5-c3ccccc3)nc3oc4ccccc4c23)cc1. The van der Waals surface area contributed by atoms with E-state index in [1.807, 2.05) is 36.4 Å². The van der Waals surface area contributed by atoms with Crippen LogP contribution in [0, 0.1) is 0 Å². The minimum atomic E-state index is 0.576. The summed E-state index contributed by atoms with van der Waals surface area (Å²) in [5.74, 6) is 0.615. The zero-order valence-electron chi connectivity index (χ0n) is 27.4. The van der Waals surface area contributed by atoms with Crippen molar-refractivity contribution < 1.29 is 4.42 Å². The molecule has 0 aliphatic rings. The van der Waals surface area contributed by atoms with Crippen molar-refractivity contribution in [1.82, 2.24) is 19.1 Å². The van der Waals surface area contributed by atoms with Gasteiger partial charge in [0, 0.05) is 43.7 Å². The molecule has 0 N–H and O–H groups in total. The van der Waals surface area contributed by atoms with Crippen molar-refractivity contribution in [2.24, 2.45) is 0 Å². The van der Waals surface area contributed by atoms with Gasteiger partial charge in [0.25, 0.3) is 0 Å². The van der Waals surface area contributed by atoms with Gasteiger partial charge >= 0.3 is 0 Å². The van der Waals surface area contributed by atoms with Crippen LogP contribution in [-0.4, -0.2) is 19.1 Å². The molecule has 0 radical (unpaired) electrons. The van der Waals surface area contributed by atoms with Gasteiger partial charge in [0.2, 0.25) is 5.71 Å². The normalized spacial score (nSPS) is 11.9. The van der Waals surface area contributed by atoms with Crippen LogP contribution in [0.1, 0.15) is 0 Å². The average Bonchev–Trinajstić information content (AvgIpc) is 3.84. The summed E-state index contributed by atoms with van der Waals surface area (Å²) >= 11 is 0. The van der Waals surface area contributed by atoms with Crippen LogP contribution in [0.5, 0.6) is 0 Å². The summed E-state index contributed by atoms with van der Waals surface area (Å²) in [6.07, 6.45) is 0. The van der Waals surface area contributed by atoms with E-state index < -0.39 is 0 Å². The first kappa shape index (κ1) is 27.9. The predicted molar refractivity (Wildman–Crippen MR) is 209 cm³/mol. The highest BCUT2D eigenvalue weighted by Gasteiger charge is 2.23. The Kier molecular flexibility index (Phi) is 5.89. The fraction of sp³-hybridized carbons (Fsp3) is 0. The maximum atomic E-state index is 6.42. The highest BCUT2D eigenvalue weighted by Crippen LogP contribution is 2.42. The second kappa shape index (κ2) is 10.8. The first-order valence-corrected chi connectivity index (χ1v) is 17.2. The third kappa shape index (κ3) is 4.09. The molecule has 0 unspecified atom stereocenters. The summed E-state index contributed by atoms with van der Waals surface area (Å²) in [5, 5.41) is 6.72. The summed E-state index contributed by atoms with van der Waals surface area (Å²) in [7, 11) is 0. The molecule has 0 saturated heterocycles. The molecule has 0 aliphatic heterocycles. The van der Waals surface area contributed by atoms with Gasteiger partial charge in [-0.2, -0.15) is 4.98 Å². The molecule has 0 aliphatic carbocycles. The topological polar surface area (TPSA) is 48.8 Å². The smallest absolute Gasteiger partial charge is 0.231 e. The fourth-order valence-corrected chi connectivity index (χ4v) is 7.95. The lowest BCUT2D eigenvalue weighted by Crippen LogP contribution is -2.00. The number of aromatic nitrogens is 4. The lowest BCUT2D eigenvalue weighted by molar-refractivity contribution is 0.653. The highest BCUT2D eigenvalue weighted by atomic mass is 16.3. The first-order chi connectivity index (χ1) is 25.3. The van der Waals surface area contributed by atoms with Gasteiger partial charge in [-0.1, -0.05) is 115 Å². The minimum absolute atomic E-state index is 0.576. The van der Waals surface area contributed by atoms with Gasteiger partial charge in [-0.05, 0) is 54.6 Å². The molecular formula is C46H28N4O. The lowest BCUT2D eigenvalue weighted by atomic mass is 10.1.